The quantitative estimate of drug-likeness (QED) is 0.251. The van der Waals surface area contributed by atoms with E-state index in [1.165, 1.54) is 7.11 Å². The summed E-state index contributed by atoms with van der Waals surface area (Å²) in [4.78, 5) is 27.0. The van der Waals surface area contributed by atoms with Crippen LogP contribution in [-0.2, 0) is 17.9 Å². The van der Waals surface area contributed by atoms with E-state index in [0.29, 0.717) is 53.7 Å². The lowest BCUT2D eigenvalue weighted by atomic mass is 10.1. The largest absolute Gasteiger partial charge is 0.493 e. The van der Waals surface area contributed by atoms with Crippen LogP contribution in [0.2, 0.25) is 15.1 Å². The van der Waals surface area contributed by atoms with Gasteiger partial charge in [-0.2, -0.15) is 0 Å². The number of hydrogen-bond donors (Lipinski definition) is 0. The minimum absolute atomic E-state index is 0.0580. The van der Waals surface area contributed by atoms with Crippen LogP contribution < -0.4 is 9.47 Å². The highest BCUT2D eigenvalue weighted by atomic mass is 79.9. The van der Waals surface area contributed by atoms with E-state index in [1.807, 2.05) is 12.1 Å². The van der Waals surface area contributed by atoms with Crippen molar-refractivity contribution in [2.45, 2.75) is 13.2 Å². The zero-order valence-corrected chi connectivity index (χ0v) is 22.9. The van der Waals surface area contributed by atoms with E-state index in [2.05, 4.69) is 15.9 Å². The lowest BCUT2D eigenvalue weighted by molar-refractivity contribution is -0.123. The van der Waals surface area contributed by atoms with Crippen molar-refractivity contribution < 1.29 is 19.1 Å². The van der Waals surface area contributed by atoms with Crippen LogP contribution in [0.4, 0.5) is 4.79 Å². The van der Waals surface area contributed by atoms with Crippen LogP contribution in [0.25, 0.3) is 6.08 Å². The predicted octanol–water partition coefficient (Wildman–Crippen LogP) is 8.23. The van der Waals surface area contributed by atoms with Crippen molar-refractivity contribution in [1.29, 1.82) is 0 Å². The van der Waals surface area contributed by atoms with Crippen LogP contribution in [0.3, 0.4) is 0 Å². The molecule has 0 N–H and O–H groups in total. The Morgan fingerprint density at radius 3 is 2.40 bits per heavy atom. The SMILES string of the molecule is COc1cc(/C=C2\SC(=O)N(Cc3ccc(Cl)cc3Cl)C2=O)cc(Br)c1OCc1ccc(Cl)cc1. The van der Waals surface area contributed by atoms with E-state index in [9.17, 15) is 9.59 Å². The number of halogens is 4. The topological polar surface area (TPSA) is 55.8 Å². The summed E-state index contributed by atoms with van der Waals surface area (Å²) < 4.78 is 12.1. The molecule has 10 heteroatoms. The number of ether oxygens (including phenoxy) is 2. The van der Waals surface area contributed by atoms with E-state index in [1.54, 1.807) is 48.5 Å². The number of amides is 2. The summed E-state index contributed by atoms with van der Waals surface area (Å²) in [6.07, 6.45) is 1.64. The van der Waals surface area contributed by atoms with Crippen molar-refractivity contribution in [3.05, 3.63) is 95.7 Å². The molecule has 0 aromatic heterocycles. The van der Waals surface area contributed by atoms with Crippen molar-refractivity contribution in [2.75, 3.05) is 7.11 Å². The van der Waals surface area contributed by atoms with E-state index >= 15 is 0 Å². The van der Waals surface area contributed by atoms with Gasteiger partial charge < -0.3 is 9.47 Å². The van der Waals surface area contributed by atoms with Crippen LogP contribution in [-0.4, -0.2) is 23.2 Å². The van der Waals surface area contributed by atoms with Gasteiger partial charge in [0, 0.05) is 15.1 Å². The van der Waals surface area contributed by atoms with Crippen molar-refractivity contribution in [3.63, 3.8) is 0 Å². The standard InChI is InChI=1S/C25H17BrCl3NO4S/c1-33-21-9-15(8-19(26)23(21)34-13-14-2-5-17(27)6-3-14)10-22-24(31)30(25(32)35-22)12-16-4-7-18(28)11-20(16)29/h2-11H,12-13H2,1H3/b22-10-. The Bertz CT molecular complexity index is 1330. The lowest BCUT2D eigenvalue weighted by Crippen LogP contribution is -2.27. The molecule has 0 saturated carbocycles. The highest BCUT2D eigenvalue weighted by Gasteiger charge is 2.35. The molecule has 5 nitrogen and oxygen atoms in total. The molecule has 3 aromatic rings. The molecular weight excluding hydrogens is 597 g/mol. The fraction of sp³-hybridized carbons (Fsp3) is 0.120. The summed E-state index contributed by atoms with van der Waals surface area (Å²) in [5.74, 6) is 0.598. The Kier molecular flexibility index (Phi) is 8.34. The molecule has 1 saturated heterocycles. The first kappa shape index (κ1) is 25.9. The van der Waals surface area contributed by atoms with E-state index < -0.39 is 5.91 Å². The number of benzene rings is 3. The van der Waals surface area contributed by atoms with Gasteiger partial charge >= 0.3 is 0 Å². The van der Waals surface area contributed by atoms with Crippen molar-refractivity contribution >= 4 is 79.7 Å². The maximum absolute atomic E-state index is 13.0. The Morgan fingerprint density at radius 1 is 1.00 bits per heavy atom. The van der Waals surface area contributed by atoms with E-state index in [-0.39, 0.29) is 11.8 Å². The van der Waals surface area contributed by atoms with Crippen LogP contribution >= 0.6 is 62.5 Å². The van der Waals surface area contributed by atoms with E-state index in [4.69, 9.17) is 44.3 Å². The van der Waals surface area contributed by atoms with Crippen LogP contribution in [0.15, 0.2) is 64.0 Å². The summed E-state index contributed by atoms with van der Waals surface area (Å²) in [5.41, 5.74) is 2.25. The first-order chi connectivity index (χ1) is 16.7. The minimum Gasteiger partial charge on any atom is -0.493 e. The summed E-state index contributed by atoms with van der Waals surface area (Å²) in [6, 6.07) is 15.8. The molecule has 0 unspecified atom stereocenters. The van der Waals surface area contributed by atoms with Crippen LogP contribution in [0.5, 0.6) is 11.5 Å². The van der Waals surface area contributed by atoms with Gasteiger partial charge in [-0.25, -0.2) is 0 Å². The Labute approximate surface area is 230 Å². The van der Waals surface area contributed by atoms with Gasteiger partial charge in [0.15, 0.2) is 11.5 Å². The summed E-state index contributed by atoms with van der Waals surface area (Å²) >= 11 is 22.5. The highest BCUT2D eigenvalue weighted by molar-refractivity contribution is 9.10. The zero-order valence-electron chi connectivity index (χ0n) is 18.2. The molecule has 1 heterocycles. The van der Waals surface area contributed by atoms with Crippen LogP contribution in [0.1, 0.15) is 16.7 Å². The Hall–Kier alpha value is -2.16. The number of carbonyl (C=O) groups is 2. The van der Waals surface area contributed by atoms with Gasteiger partial charge in [0.2, 0.25) is 0 Å². The average Bonchev–Trinajstić information content (AvgIpc) is 3.08. The number of carbonyl (C=O) groups excluding carboxylic acids is 2. The maximum Gasteiger partial charge on any atom is 0.293 e. The fourth-order valence-corrected chi connectivity index (χ4v) is 5.31. The first-order valence-corrected chi connectivity index (χ1v) is 12.9. The van der Waals surface area contributed by atoms with Crippen molar-refractivity contribution in [2.24, 2.45) is 0 Å². The van der Waals surface area contributed by atoms with Gasteiger partial charge in [0.25, 0.3) is 11.1 Å². The number of hydrogen-bond acceptors (Lipinski definition) is 5. The Balaban J connectivity index is 1.53. The second-order valence-electron chi connectivity index (χ2n) is 7.45. The molecule has 180 valence electrons. The second-order valence-corrected chi connectivity index (χ2v) is 10.6. The molecule has 2 amide bonds. The van der Waals surface area contributed by atoms with Gasteiger partial charge in [-0.15, -0.1) is 0 Å². The zero-order chi connectivity index (χ0) is 25.1. The van der Waals surface area contributed by atoms with Gasteiger partial charge in [0.05, 0.1) is 23.0 Å². The first-order valence-electron chi connectivity index (χ1n) is 10.2. The molecular formula is C25H17BrCl3NO4S. The molecule has 3 aromatic carbocycles. The normalized spacial score (nSPS) is 14.7. The average molecular weight is 614 g/mol. The number of imide groups is 1. The molecule has 0 spiro atoms. The number of methoxy groups -OCH3 is 1. The molecule has 0 radical (unpaired) electrons. The van der Waals surface area contributed by atoms with Gasteiger partial charge in [-0.3, -0.25) is 14.5 Å². The highest BCUT2D eigenvalue weighted by Crippen LogP contribution is 2.40. The third-order valence-electron chi connectivity index (χ3n) is 5.06. The van der Waals surface area contributed by atoms with Gasteiger partial charge in [-0.05, 0) is 86.9 Å². The number of rotatable bonds is 7. The monoisotopic (exact) mass is 611 g/mol. The molecule has 1 fully saturated rings. The molecule has 1 aliphatic rings. The van der Waals surface area contributed by atoms with Crippen molar-refractivity contribution in [3.8, 4) is 11.5 Å². The number of thioether (sulfide) groups is 1. The maximum atomic E-state index is 13.0. The second kappa shape index (κ2) is 11.3. The molecule has 35 heavy (non-hydrogen) atoms. The smallest absolute Gasteiger partial charge is 0.293 e. The summed E-state index contributed by atoms with van der Waals surface area (Å²) in [7, 11) is 1.53. The molecule has 0 aliphatic carbocycles. The molecule has 0 bridgehead atoms. The third-order valence-corrected chi connectivity index (χ3v) is 7.40. The van der Waals surface area contributed by atoms with E-state index in [0.717, 1.165) is 22.2 Å². The molecule has 4 rings (SSSR count). The lowest BCUT2D eigenvalue weighted by Gasteiger charge is -2.14. The third kappa shape index (κ3) is 6.16. The van der Waals surface area contributed by atoms with Gasteiger partial charge in [0.1, 0.15) is 6.61 Å². The molecule has 1 aliphatic heterocycles. The van der Waals surface area contributed by atoms with Gasteiger partial charge in [-0.1, -0.05) is 53.0 Å². The van der Waals surface area contributed by atoms with Crippen molar-refractivity contribution in [1.82, 2.24) is 4.90 Å². The fourth-order valence-electron chi connectivity index (χ4n) is 3.31. The van der Waals surface area contributed by atoms with Crippen LogP contribution in [0, 0.1) is 0 Å². The number of nitrogens with zero attached hydrogens (tertiary/aromatic N) is 1. The predicted molar refractivity (Wildman–Crippen MR) is 144 cm³/mol. The Morgan fingerprint density at radius 2 is 1.71 bits per heavy atom. The molecule has 0 atom stereocenters. The summed E-state index contributed by atoms with van der Waals surface area (Å²) in [6.45, 7) is 0.375. The summed E-state index contributed by atoms with van der Waals surface area (Å²) in [5, 5.41) is 1.15. The minimum atomic E-state index is -0.399.